The lowest BCUT2D eigenvalue weighted by molar-refractivity contribution is -0.124. The van der Waals surface area contributed by atoms with E-state index in [4.69, 9.17) is 0 Å². The van der Waals surface area contributed by atoms with E-state index in [1.165, 1.54) is 11.3 Å². The Labute approximate surface area is 62.2 Å². The molecule has 55 valence electrons. The lowest BCUT2D eigenvalue weighted by Crippen LogP contribution is -2.20. The largest absolute Gasteiger partial charge is 0.348 e. The number of hydrogen-bond acceptors (Lipinski definition) is 1. The van der Waals surface area contributed by atoms with E-state index in [1.54, 1.807) is 14.1 Å². The number of amides is 1. The first-order valence-electron chi connectivity index (χ1n) is 3.21. The summed E-state index contributed by atoms with van der Waals surface area (Å²) in [5.41, 5.74) is 0. The highest BCUT2D eigenvalue weighted by atomic mass is 16.2. The molecular weight excluding hydrogens is 126 g/mol. The number of carbonyl (C=O) groups excluding carboxylic acids is 1. The third kappa shape index (κ3) is 3.96. The topological polar surface area (TPSA) is 20.3 Å². The van der Waals surface area contributed by atoms with Gasteiger partial charge in [0.2, 0.25) is 5.91 Å². The van der Waals surface area contributed by atoms with Gasteiger partial charge in [-0.15, -0.1) is 5.92 Å². The Balaban J connectivity index is 3.59. The normalized spacial score (nSPS) is 7.90. The maximum absolute atomic E-state index is 10.8. The van der Waals surface area contributed by atoms with Crippen LogP contribution in [0.1, 0.15) is 13.3 Å². The number of rotatable bonds is 1. The zero-order valence-corrected chi connectivity index (χ0v) is 6.64. The summed E-state index contributed by atoms with van der Waals surface area (Å²) in [4.78, 5) is 12.3. The van der Waals surface area contributed by atoms with Gasteiger partial charge in [-0.1, -0.05) is 12.8 Å². The molecule has 0 heterocycles. The fraction of sp³-hybridized carbons (Fsp3) is 0.500. The van der Waals surface area contributed by atoms with Gasteiger partial charge in [0.15, 0.2) is 0 Å². The first kappa shape index (κ1) is 9.03. The quantitative estimate of drug-likeness (QED) is 0.488. The lowest BCUT2D eigenvalue weighted by Gasteiger charge is -2.05. The number of nitrogens with zero attached hydrogens (tertiary/aromatic N) is 1. The zero-order chi connectivity index (χ0) is 7.98. The number of carbonyl (C=O) groups is 1. The summed E-state index contributed by atoms with van der Waals surface area (Å²) in [6.07, 6.45) is 2.17. The second kappa shape index (κ2) is 4.87. The molecule has 0 saturated heterocycles. The molecule has 0 spiro atoms. The van der Waals surface area contributed by atoms with E-state index >= 15 is 0 Å². The minimum absolute atomic E-state index is 0.0547. The first-order valence-corrected chi connectivity index (χ1v) is 3.21. The summed E-state index contributed by atoms with van der Waals surface area (Å²) < 4.78 is 0. The molecule has 0 fully saturated rings. The molecule has 0 atom stereocenters. The van der Waals surface area contributed by atoms with Crippen molar-refractivity contribution in [1.29, 1.82) is 0 Å². The SMILES string of the molecule is CCC#C[CH]C(=O)N(C)C. The third-order valence-electron chi connectivity index (χ3n) is 0.915. The molecule has 2 nitrogen and oxygen atoms in total. The van der Waals surface area contributed by atoms with Crippen molar-refractivity contribution in [2.45, 2.75) is 13.3 Å². The van der Waals surface area contributed by atoms with E-state index in [1.807, 2.05) is 6.92 Å². The van der Waals surface area contributed by atoms with Crippen molar-refractivity contribution >= 4 is 5.91 Å². The van der Waals surface area contributed by atoms with Crippen molar-refractivity contribution in [2.24, 2.45) is 0 Å². The molecule has 1 amide bonds. The van der Waals surface area contributed by atoms with Crippen LogP contribution >= 0.6 is 0 Å². The predicted molar refractivity (Wildman–Crippen MR) is 41.1 cm³/mol. The number of hydrogen-bond donors (Lipinski definition) is 0. The van der Waals surface area contributed by atoms with E-state index in [9.17, 15) is 4.79 Å². The lowest BCUT2D eigenvalue weighted by atomic mass is 10.3. The summed E-state index contributed by atoms with van der Waals surface area (Å²) in [7, 11) is 3.40. The van der Waals surface area contributed by atoms with Crippen LogP contribution in [0.3, 0.4) is 0 Å². The molecule has 0 aromatic heterocycles. The highest BCUT2D eigenvalue weighted by Crippen LogP contribution is 1.82. The molecule has 0 aliphatic heterocycles. The van der Waals surface area contributed by atoms with E-state index in [0.717, 1.165) is 6.42 Å². The zero-order valence-electron chi connectivity index (χ0n) is 6.64. The summed E-state index contributed by atoms with van der Waals surface area (Å²) in [5.74, 6) is 5.38. The second-order valence-electron chi connectivity index (χ2n) is 2.05. The van der Waals surface area contributed by atoms with Crippen LogP contribution in [0.15, 0.2) is 0 Å². The molecule has 0 saturated carbocycles. The summed E-state index contributed by atoms with van der Waals surface area (Å²) in [6, 6.07) is 0. The van der Waals surface area contributed by atoms with Crippen LogP contribution in [0.5, 0.6) is 0 Å². The Morgan fingerprint density at radius 2 is 2.20 bits per heavy atom. The van der Waals surface area contributed by atoms with Crippen LogP contribution in [0.25, 0.3) is 0 Å². The van der Waals surface area contributed by atoms with Crippen LogP contribution in [0.4, 0.5) is 0 Å². The van der Waals surface area contributed by atoms with Gasteiger partial charge in [0.1, 0.15) is 6.42 Å². The van der Waals surface area contributed by atoms with Crippen molar-refractivity contribution in [1.82, 2.24) is 4.90 Å². The van der Waals surface area contributed by atoms with E-state index < -0.39 is 0 Å². The van der Waals surface area contributed by atoms with Crippen LogP contribution in [0.2, 0.25) is 0 Å². The summed E-state index contributed by atoms with van der Waals surface area (Å²) in [5, 5.41) is 0. The van der Waals surface area contributed by atoms with Crippen LogP contribution in [-0.4, -0.2) is 24.9 Å². The molecule has 0 unspecified atom stereocenters. The average molecular weight is 138 g/mol. The Morgan fingerprint density at radius 1 is 1.60 bits per heavy atom. The van der Waals surface area contributed by atoms with Gasteiger partial charge >= 0.3 is 0 Å². The molecule has 0 aliphatic rings. The van der Waals surface area contributed by atoms with Gasteiger partial charge in [0, 0.05) is 20.5 Å². The summed E-state index contributed by atoms with van der Waals surface area (Å²) >= 11 is 0. The molecule has 10 heavy (non-hydrogen) atoms. The van der Waals surface area contributed by atoms with Crippen LogP contribution in [0, 0.1) is 18.3 Å². The smallest absolute Gasteiger partial charge is 0.239 e. The van der Waals surface area contributed by atoms with Crippen molar-refractivity contribution in [3.05, 3.63) is 6.42 Å². The molecule has 0 aromatic carbocycles. The predicted octanol–water partition coefficient (Wildman–Crippen LogP) is 0.692. The Hall–Kier alpha value is -0.970. The van der Waals surface area contributed by atoms with Crippen molar-refractivity contribution in [3.63, 3.8) is 0 Å². The Bertz CT molecular complexity index is 162. The highest BCUT2D eigenvalue weighted by molar-refractivity contribution is 5.87. The Kier molecular flexibility index (Phi) is 4.39. The van der Waals surface area contributed by atoms with E-state index in [2.05, 4.69) is 11.8 Å². The van der Waals surface area contributed by atoms with Crippen molar-refractivity contribution in [2.75, 3.05) is 14.1 Å². The molecule has 0 bridgehead atoms. The van der Waals surface area contributed by atoms with E-state index in [0.29, 0.717) is 0 Å². The van der Waals surface area contributed by atoms with Gasteiger partial charge in [-0.3, -0.25) is 4.79 Å². The van der Waals surface area contributed by atoms with Gasteiger partial charge in [0.25, 0.3) is 0 Å². The van der Waals surface area contributed by atoms with Crippen LogP contribution in [-0.2, 0) is 4.79 Å². The molecule has 0 N–H and O–H groups in total. The molecule has 0 aromatic rings. The van der Waals surface area contributed by atoms with Crippen molar-refractivity contribution in [3.8, 4) is 11.8 Å². The van der Waals surface area contributed by atoms with Gasteiger partial charge in [-0.25, -0.2) is 0 Å². The van der Waals surface area contributed by atoms with Gasteiger partial charge < -0.3 is 4.90 Å². The molecule has 1 radical (unpaired) electrons. The molecule has 2 heteroatoms. The minimum atomic E-state index is -0.0547. The van der Waals surface area contributed by atoms with Crippen molar-refractivity contribution < 1.29 is 4.79 Å². The minimum Gasteiger partial charge on any atom is -0.348 e. The standard InChI is InChI=1S/C8H12NO/c1-4-5-6-7-8(10)9(2)3/h7H,4H2,1-3H3. The van der Waals surface area contributed by atoms with Gasteiger partial charge in [0.05, 0.1) is 0 Å². The third-order valence-corrected chi connectivity index (χ3v) is 0.915. The highest BCUT2D eigenvalue weighted by Gasteiger charge is 1.99. The maximum Gasteiger partial charge on any atom is 0.239 e. The Morgan fingerprint density at radius 3 is 2.60 bits per heavy atom. The molecule has 0 aliphatic carbocycles. The maximum atomic E-state index is 10.8. The monoisotopic (exact) mass is 138 g/mol. The van der Waals surface area contributed by atoms with Crippen LogP contribution < -0.4 is 0 Å². The fourth-order valence-electron chi connectivity index (χ4n) is 0.344. The first-order chi connectivity index (χ1) is 4.68. The van der Waals surface area contributed by atoms with E-state index in [-0.39, 0.29) is 5.91 Å². The molecular formula is C8H12NO. The average Bonchev–Trinajstić information content (AvgIpc) is 1.88. The molecule has 0 rings (SSSR count). The fourth-order valence-corrected chi connectivity index (χ4v) is 0.344. The van der Waals surface area contributed by atoms with Gasteiger partial charge in [-0.05, 0) is 0 Å². The second-order valence-corrected chi connectivity index (χ2v) is 2.05. The van der Waals surface area contributed by atoms with Gasteiger partial charge in [-0.2, -0.15) is 0 Å². The summed E-state index contributed by atoms with van der Waals surface area (Å²) in [6.45, 7) is 1.95.